The zero-order valence-electron chi connectivity index (χ0n) is 13.4. The fraction of sp³-hybridized carbons (Fsp3) is 0.211. The Kier molecular flexibility index (Phi) is 5.30. The van der Waals surface area contributed by atoms with E-state index in [1.807, 2.05) is 22.9 Å². The van der Waals surface area contributed by atoms with Gasteiger partial charge in [-0.3, -0.25) is 0 Å². The van der Waals surface area contributed by atoms with Crippen LogP contribution >= 0.6 is 11.6 Å². The van der Waals surface area contributed by atoms with E-state index >= 15 is 0 Å². The minimum absolute atomic E-state index is 0.142. The Morgan fingerprint density at radius 3 is 2.38 bits per heavy atom. The summed E-state index contributed by atoms with van der Waals surface area (Å²) in [6.45, 7) is 2.56. The van der Waals surface area contributed by atoms with Crippen molar-refractivity contribution >= 4 is 11.6 Å². The summed E-state index contributed by atoms with van der Waals surface area (Å²) in [7, 11) is 0. The first kappa shape index (κ1) is 16.7. The Morgan fingerprint density at radius 2 is 1.75 bits per heavy atom. The maximum atomic E-state index is 10.3. The summed E-state index contributed by atoms with van der Waals surface area (Å²) in [6.07, 6.45) is 4.89. The zero-order valence-corrected chi connectivity index (χ0v) is 14.2. The topological polar surface area (TPSA) is 50.1 Å². The minimum Gasteiger partial charge on any atom is -0.387 e. The van der Waals surface area contributed by atoms with Crippen molar-refractivity contribution in [2.75, 3.05) is 6.54 Å². The van der Waals surface area contributed by atoms with Crippen molar-refractivity contribution in [3.8, 4) is 5.69 Å². The summed E-state index contributed by atoms with van der Waals surface area (Å²) in [4.78, 5) is 4.05. The molecule has 0 aliphatic carbocycles. The second-order valence-electron chi connectivity index (χ2n) is 5.76. The molecule has 0 fully saturated rings. The number of hydrogen-bond acceptors (Lipinski definition) is 3. The maximum Gasteiger partial charge on any atom is 0.0991 e. The largest absolute Gasteiger partial charge is 0.387 e. The lowest BCUT2D eigenvalue weighted by atomic mass is 10.1. The highest BCUT2D eigenvalue weighted by atomic mass is 35.5. The molecule has 2 aromatic carbocycles. The normalized spacial score (nSPS) is 13.6. The highest BCUT2D eigenvalue weighted by Gasteiger charge is 2.11. The molecule has 0 amide bonds. The molecule has 4 nitrogen and oxygen atoms in total. The molecule has 0 radical (unpaired) electrons. The summed E-state index contributed by atoms with van der Waals surface area (Å²) in [5, 5.41) is 14.3. The minimum atomic E-state index is -0.560. The van der Waals surface area contributed by atoms with Crippen molar-refractivity contribution in [2.24, 2.45) is 0 Å². The highest BCUT2D eigenvalue weighted by Crippen LogP contribution is 2.19. The number of rotatable bonds is 6. The molecular formula is C19H20ClN3O. The van der Waals surface area contributed by atoms with Gasteiger partial charge in [-0.1, -0.05) is 35.9 Å². The number of nitrogens with one attached hydrogen (secondary N) is 1. The number of aromatic nitrogens is 2. The molecule has 3 rings (SSSR count). The first-order valence-corrected chi connectivity index (χ1v) is 8.26. The van der Waals surface area contributed by atoms with Gasteiger partial charge in [0.2, 0.25) is 0 Å². The molecule has 1 aromatic heterocycles. The summed E-state index contributed by atoms with van der Waals surface area (Å²) >= 11 is 5.87. The van der Waals surface area contributed by atoms with Gasteiger partial charge in [-0.15, -0.1) is 0 Å². The van der Waals surface area contributed by atoms with E-state index in [9.17, 15) is 5.11 Å². The molecule has 0 aliphatic heterocycles. The number of imidazole rings is 1. The Hall–Kier alpha value is -2.14. The molecule has 5 heteroatoms. The van der Waals surface area contributed by atoms with Crippen LogP contribution in [0.3, 0.4) is 0 Å². The lowest BCUT2D eigenvalue weighted by molar-refractivity contribution is 0.171. The van der Waals surface area contributed by atoms with E-state index in [1.165, 1.54) is 5.56 Å². The van der Waals surface area contributed by atoms with E-state index < -0.39 is 6.10 Å². The predicted octanol–water partition coefficient (Wildman–Crippen LogP) is 3.91. The molecule has 2 unspecified atom stereocenters. The van der Waals surface area contributed by atoms with Gasteiger partial charge in [0.1, 0.15) is 0 Å². The van der Waals surface area contributed by atoms with Crippen LogP contribution < -0.4 is 5.32 Å². The van der Waals surface area contributed by atoms with E-state index in [-0.39, 0.29) is 6.04 Å². The van der Waals surface area contributed by atoms with Crippen molar-refractivity contribution in [1.29, 1.82) is 0 Å². The molecule has 24 heavy (non-hydrogen) atoms. The van der Waals surface area contributed by atoms with Gasteiger partial charge in [-0.25, -0.2) is 4.98 Å². The summed E-state index contributed by atoms with van der Waals surface area (Å²) in [5.74, 6) is 0. The third-order valence-corrected chi connectivity index (χ3v) is 4.32. The molecule has 2 atom stereocenters. The van der Waals surface area contributed by atoms with Gasteiger partial charge in [-0.05, 0) is 42.3 Å². The van der Waals surface area contributed by atoms with Crippen LogP contribution in [-0.4, -0.2) is 21.2 Å². The van der Waals surface area contributed by atoms with Crippen LogP contribution in [0.4, 0.5) is 0 Å². The third kappa shape index (κ3) is 4.03. The molecule has 0 saturated heterocycles. The van der Waals surface area contributed by atoms with E-state index in [1.54, 1.807) is 24.7 Å². The number of aliphatic hydroxyl groups is 1. The zero-order chi connectivity index (χ0) is 16.9. The Bertz CT molecular complexity index is 754. The van der Waals surface area contributed by atoms with Gasteiger partial charge < -0.3 is 15.0 Å². The lowest BCUT2D eigenvalue weighted by Gasteiger charge is -2.18. The smallest absolute Gasteiger partial charge is 0.0991 e. The fourth-order valence-corrected chi connectivity index (χ4v) is 2.68. The van der Waals surface area contributed by atoms with Crippen molar-refractivity contribution in [3.63, 3.8) is 0 Å². The van der Waals surface area contributed by atoms with Crippen molar-refractivity contribution < 1.29 is 5.11 Å². The van der Waals surface area contributed by atoms with Crippen LogP contribution in [0.5, 0.6) is 0 Å². The van der Waals surface area contributed by atoms with Gasteiger partial charge in [0.15, 0.2) is 0 Å². The summed E-state index contributed by atoms with van der Waals surface area (Å²) in [6, 6.07) is 15.7. The monoisotopic (exact) mass is 341 g/mol. The molecule has 0 bridgehead atoms. The second-order valence-corrected chi connectivity index (χ2v) is 6.20. The average molecular weight is 342 g/mol. The van der Waals surface area contributed by atoms with Gasteiger partial charge in [0, 0.05) is 35.7 Å². The van der Waals surface area contributed by atoms with E-state index in [2.05, 4.69) is 41.5 Å². The van der Waals surface area contributed by atoms with Crippen molar-refractivity contribution in [3.05, 3.63) is 83.4 Å². The van der Waals surface area contributed by atoms with Crippen LogP contribution in [0.1, 0.15) is 30.2 Å². The number of benzene rings is 2. The quantitative estimate of drug-likeness (QED) is 0.714. The van der Waals surface area contributed by atoms with Crippen LogP contribution in [0.2, 0.25) is 5.02 Å². The van der Waals surface area contributed by atoms with Gasteiger partial charge in [-0.2, -0.15) is 0 Å². The van der Waals surface area contributed by atoms with Crippen LogP contribution in [0.15, 0.2) is 67.3 Å². The lowest BCUT2D eigenvalue weighted by Crippen LogP contribution is -2.24. The van der Waals surface area contributed by atoms with Crippen molar-refractivity contribution in [1.82, 2.24) is 14.9 Å². The van der Waals surface area contributed by atoms with E-state index in [0.29, 0.717) is 11.6 Å². The van der Waals surface area contributed by atoms with Gasteiger partial charge in [0.05, 0.1) is 12.4 Å². The number of hydrogen-bond donors (Lipinski definition) is 2. The second kappa shape index (κ2) is 7.62. The number of nitrogens with zero attached hydrogens (tertiary/aromatic N) is 2. The maximum absolute atomic E-state index is 10.3. The van der Waals surface area contributed by atoms with Gasteiger partial charge in [0.25, 0.3) is 0 Å². The molecule has 0 saturated carbocycles. The molecule has 0 aliphatic rings. The SMILES string of the molecule is CC(NCC(O)c1ccc(Cl)cc1)c1ccc(-n2ccnc2)cc1. The number of halogens is 1. The molecular weight excluding hydrogens is 322 g/mol. The average Bonchev–Trinajstić information content (AvgIpc) is 3.15. The summed E-state index contributed by atoms with van der Waals surface area (Å²) in [5.41, 5.74) is 3.10. The fourth-order valence-electron chi connectivity index (χ4n) is 2.56. The van der Waals surface area contributed by atoms with Crippen molar-refractivity contribution in [2.45, 2.75) is 19.1 Å². The highest BCUT2D eigenvalue weighted by molar-refractivity contribution is 6.30. The van der Waals surface area contributed by atoms with E-state index in [4.69, 9.17) is 11.6 Å². The summed E-state index contributed by atoms with van der Waals surface area (Å²) < 4.78 is 1.96. The molecule has 124 valence electrons. The van der Waals surface area contributed by atoms with Crippen LogP contribution in [0.25, 0.3) is 5.69 Å². The Labute approximate surface area is 146 Å². The van der Waals surface area contributed by atoms with E-state index in [0.717, 1.165) is 11.3 Å². The molecule has 2 N–H and O–H groups in total. The third-order valence-electron chi connectivity index (χ3n) is 4.07. The Morgan fingerprint density at radius 1 is 1.08 bits per heavy atom. The molecule has 1 heterocycles. The molecule has 0 spiro atoms. The Balaban J connectivity index is 1.58. The predicted molar refractivity (Wildman–Crippen MR) is 96.4 cm³/mol. The standard InChI is InChI=1S/C19H20ClN3O/c1-14(22-12-19(24)16-2-6-17(20)7-3-16)15-4-8-18(9-5-15)23-11-10-21-13-23/h2-11,13-14,19,22,24H,12H2,1H3. The van der Waals surface area contributed by atoms with Crippen LogP contribution in [-0.2, 0) is 0 Å². The van der Waals surface area contributed by atoms with Gasteiger partial charge >= 0.3 is 0 Å². The molecule has 3 aromatic rings. The first-order chi connectivity index (χ1) is 11.6. The van der Waals surface area contributed by atoms with Crippen LogP contribution in [0, 0.1) is 0 Å². The number of aliphatic hydroxyl groups excluding tert-OH is 1. The first-order valence-electron chi connectivity index (χ1n) is 7.88.